The number of hydrogen-bond donors (Lipinski definition) is 0. The van der Waals surface area contributed by atoms with E-state index in [0.717, 1.165) is 22.8 Å². The minimum Gasteiger partial charge on any atom is -0.444 e. The van der Waals surface area contributed by atoms with E-state index in [1.54, 1.807) is 9.58 Å². The summed E-state index contributed by atoms with van der Waals surface area (Å²) < 4.78 is 44.7. The molecule has 2 heterocycles. The third kappa shape index (κ3) is 4.59. The Morgan fingerprint density at radius 3 is 2.72 bits per heavy atom. The van der Waals surface area contributed by atoms with Crippen LogP contribution < -0.4 is 0 Å². The van der Waals surface area contributed by atoms with Crippen molar-refractivity contribution >= 4 is 36.7 Å². The zero-order valence-electron chi connectivity index (χ0n) is 17.9. The molecule has 170 valence electrons. The number of nitrogens with zero attached hydrogens (tertiary/aromatic N) is 3. The van der Waals surface area contributed by atoms with Crippen LogP contribution in [-0.2, 0) is 33.3 Å². The van der Waals surface area contributed by atoms with Crippen molar-refractivity contribution in [2.75, 3.05) is 6.54 Å². The molecule has 1 aliphatic heterocycles. The molecule has 4 rings (SSSR count). The second-order valence-electron chi connectivity index (χ2n) is 8.79. The van der Waals surface area contributed by atoms with E-state index in [-0.39, 0.29) is 6.09 Å². The first kappa shape index (κ1) is 22.5. The topological polar surface area (TPSA) is 81.5 Å². The first-order valence-electron chi connectivity index (χ1n) is 10.1. The molecule has 2 aromatic carbocycles. The molecule has 1 aliphatic rings. The van der Waals surface area contributed by atoms with Crippen LogP contribution in [0, 0.1) is 5.82 Å². The minimum absolute atomic E-state index is 0.335. The predicted octanol–water partition coefficient (Wildman–Crippen LogP) is 4.44. The fourth-order valence-corrected chi connectivity index (χ4v) is 4.75. The molecule has 3 aromatic rings. The predicted molar refractivity (Wildman–Crippen MR) is 119 cm³/mol. The van der Waals surface area contributed by atoms with Crippen molar-refractivity contribution in [3.63, 3.8) is 0 Å². The lowest BCUT2D eigenvalue weighted by Gasteiger charge is -2.32. The smallest absolute Gasteiger partial charge is 0.410 e. The van der Waals surface area contributed by atoms with Crippen LogP contribution in [-0.4, -0.2) is 41.3 Å². The van der Waals surface area contributed by atoms with Gasteiger partial charge in [0.2, 0.25) is 0 Å². The van der Waals surface area contributed by atoms with Gasteiger partial charge in [-0.3, -0.25) is 4.68 Å². The van der Waals surface area contributed by atoms with Gasteiger partial charge in [-0.15, -0.1) is 0 Å². The molecule has 1 amide bonds. The lowest BCUT2D eigenvalue weighted by molar-refractivity contribution is 0.0223. The van der Waals surface area contributed by atoms with Crippen molar-refractivity contribution in [2.45, 2.75) is 50.8 Å². The van der Waals surface area contributed by atoms with Gasteiger partial charge in [-0.2, -0.15) is 5.10 Å². The lowest BCUT2D eigenvalue weighted by atomic mass is 9.95. The van der Waals surface area contributed by atoms with E-state index in [4.69, 9.17) is 15.4 Å². The van der Waals surface area contributed by atoms with Crippen LogP contribution >= 0.6 is 10.7 Å². The molecule has 0 bridgehead atoms. The van der Waals surface area contributed by atoms with Crippen molar-refractivity contribution in [3.05, 3.63) is 59.0 Å². The van der Waals surface area contributed by atoms with Gasteiger partial charge >= 0.3 is 6.09 Å². The molecule has 0 atom stereocenters. The molecule has 0 N–H and O–H groups in total. The van der Waals surface area contributed by atoms with E-state index in [1.165, 1.54) is 12.3 Å². The van der Waals surface area contributed by atoms with Crippen molar-refractivity contribution in [2.24, 2.45) is 0 Å². The molecule has 7 nitrogen and oxygen atoms in total. The average molecular weight is 480 g/mol. The molecule has 0 aliphatic carbocycles. The van der Waals surface area contributed by atoms with Crippen LogP contribution in [0.1, 0.15) is 37.5 Å². The van der Waals surface area contributed by atoms with Crippen LogP contribution in [0.15, 0.2) is 41.4 Å². The van der Waals surface area contributed by atoms with E-state index in [9.17, 15) is 17.6 Å². The number of halogens is 2. The third-order valence-corrected chi connectivity index (χ3v) is 6.64. The van der Waals surface area contributed by atoms with Gasteiger partial charge in [0.15, 0.2) is 0 Å². The number of carbonyl (C=O) groups excluding carboxylic acids is 1. The van der Waals surface area contributed by atoms with Crippen LogP contribution in [0.5, 0.6) is 0 Å². The number of carbonyl (C=O) groups is 1. The Hall–Kier alpha value is -2.65. The quantitative estimate of drug-likeness (QED) is 0.518. The summed E-state index contributed by atoms with van der Waals surface area (Å²) in [7, 11) is 1.12. The second kappa shape index (κ2) is 8.04. The largest absolute Gasteiger partial charge is 0.444 e. The Balaban J connectivity index is 1.65. The normalized spacial score (nSPS) is 14.5. The molecule has 10 heteroatoms. The molecular formula is C22H23ClFN3O4S. The summed E-state index contributed by atoms with van der Waals surface area (Å²) in [6.07, 6.45) is 1.82. The maximum absolute atomic E-state index is 14.4. The number of ether oxygens (including phenoxy) is 1. The van der Waals surface area contributed by atoms with Gasteiger partial charge < -0.3 is 9.64 Å². The number of aromatic nitrogens is 2. The molecule has 0 saturated heterocycles. The van der Waals surface area contributed by atoms with Crippen LogP contribution in [0.25, 0.3) is 10.9 Å². The van der Waals surface area contributed by atoms with Crippen molar-refractivity contribution in [3.8, 4) is 0 Å². The Morgan fingerprint density at radius 2 is 2.03 bits per heavy atom. The van der Waals surface area contributed by atoms with Gasteiger partial charge in [0.1, 0.15) is 16.3 Å². The molecule has 0 fully saturated rings. The summed E-state index contributed by atoms with van der Waals surface area (Å²) in [6.45, 7) is 6.80. The summed E-state index contributed by atoms with van der Waals surface area (Å²) in [5.74, 6) is -0.930. The van der Waals surface area contributed by atoms with Gasteiger partial charge in [0.05, 0.1) is 18.3 Å². The molecule has 32 heavy (non-hydrogen) atoms. The highest BCUT2D eigenvalue weighted by molar-refractivity contribution is 8.13. The van der Waals surface area contributed by atoms with E-state index in [0.29, 0.717) is 37.0 Å². The first-order chi connectivity index (χ1) is 14.9. The second-order valence-corrected chi connectivity index (χ2v) is 11.3. The fraction of sp³-hybridized carbons (Fsp3) is 0.364. The fourth-order valence-electron chi connectivity index (χ4n) is 3.83. The molecule has 0 radical (unpaired) electrons. The van der Waals surface area contributed by atoms with Crippen molar-refractivity contribution < 1.29 is 22.3 Å². The number of amides is 1. The summed E-state index contributed by atoms with van der Waals surface area (Å²) in [5, 5.41) is 4.78. The van der Waals surface area contributed by atoms with Crippen molar-refractivity contribution in [1.82, 2.24) is 14.7 Å². The summed E-state index contributed by atoms with van der Waals surface area (Å²) in [6, 6.07) is 8.23. The Labute approximate surface area is 190 Å². The van der Waals surface area contributed by atoms with E-state index < -0.39 is 25.4 Å². The maximum atomic E-state index is 14.4. The van der Waals surface area contributed by atoms with Gasteiger partial charge in [-0.25, -0.2) is 17.6 Å². The highest BCUT2D eigenvalue weighted by Crippen LogP contribution is 2.28. The molecule has 1 aromatic heterocycles. The zero-order chi connectivity index (χ0) is 23.3. The number of rotatable bonds is 3. The van der Waals surface area contributed by atoms with E-state index in [2.05, 4.69) is 5.10 Å². The Morgan fingerprint density at radius 1 is 1.28 bits per heavy atom. The van der Waals surface area contributed by atoms with E-state index >= 15 is 0 Å². The molecule has 0 saturated carbocycles. The zero-order valence-corrected chi connectivity index (χ0v) is 19.5. The SMILES string of the molecule is CC(C)(C)OC(=O)N1CCc2cccc(Cn3ncc4cc(S(=O)(=O)Cl)c(F)cc43)c2C1. The Bertz CT molecular complexity index is 1310. The lowest BCUT2D eigenvalue weighted by Crippen LogP contribution is -2.40. The average Bonchev–Trinajstić information content (AvgIpc) is 3.07. The standard InChI is InChI=1S/C22H23ClFN3O4S/c1-22(2,3)31-21(28)26-8-7-14-5-4-6-15(17(14)13-26)12-27-19-10-18(24)20(32(23,29)30)9-16(19)11-25-27/h4-6,9-11H,7-8,12-13H2,1-3H3. The summed E-state index contributed by atoms with van der Waals surface area (Å²) >= 11 is 0. The van der Waals surface area contributed by atoms with Crippen LogP contribution in [0.2, 0.25) is 0 Å². The van der Waals surface area contributed by atoms with Crippen LogP contribution in [0.3, 0.4) is 0 Å². The number of hydrogen-bond acceptors (Lipinski definition) is 5. The van der Waals surface area contributed by atoms with Gasteiger partial charge in [0.25, 0.3) is 9.05 Å². The molecule has 0 spiro atoms. The van der Waals surface area contributed by atoms with Gasteiger partial charge in [-0.05, 0) is 49.9 Å². The van der Waals surface area contributed by atoms with Crippen LogP contribution in [0.4, 0.5) is 9.18 Å². The number of fused-ring (bicyclic) bond motifs is 2. The van der Waals surface area contributed by atoms with E-state index in [1.807, 2.05) is 39.0 Å². The van der Waals surface area contributed by atoms with Gasteiger partial charge in [0, 0.05) is 35.2 Å². The highest BCUT2D eigenvalue weighted by atomic mass is 35.7. The first-order valence-corrected chi connectivity index (χ1v) is 12.4. The molecule has 0 unspecified atom stereocenters. The maximum Gasteiger partial charge on any atom is 0.410 e. The highest BCUT2D eigenvalue weighted by Gasteiger charge is 2.27. The monoisotopic (exact) mass is 479 g/mol. The third-order valence-electron chi connectivity index (χ3n) is 5.30. The molecular weight excluding hydrogens is 457 g/mol. The summed E-state index contributed by atoms with van der Waals surface area (Å²) in [4.78, 5) is 13.7. The van der Waals surface area contributed by atoms with Crippen molar-refractivity contribution in [1.29, 1.82) is 0 Å². The number of benzene rings is 2. The Kier molecular flexibility index (Phi) is 5.67. The minimum atomic E-state index is -4.20. The van der Waals surface area contributed by atoms with Gasteiger partial charge in [-0.1, -0.05) is 18.2 Å². The summed E-state index contributed by atoms with van der Waals surface area (Å²) in [5.41, 5.74) is 2.96.